The Morgan fingerprint density at radius 1 is 0.880 bits per heavy atom. The molecule has 1 N–H and O–H groups in total. The number of hydrogen-bond acceptors (Lipinski definition) is 1. The van der Waals surface area contributed by atoms with Gasteiger partial charge in [-0.1, -0.05) is 45.0 Å². The Hall–Kier alpha value is -2.81. The Balaban J connectivity index is 1.70. The molecular formula is C22H24N2O. The van der Waals surface area contributed by atoms with Crippen LogP contribution in [0, 0.1) is 0 Å². The highest BCUT2D eigenvalue weighted by atomic mass is 16.1. The number of carbonyl (C=O) groups excluding carboxylic acids is 1. The second kappa shape index (κ2) is 6.60. The van der Waals surface area contributed by atoms with E-state index < -0.39 is 0 Å². The van der Waals surface area contributed by atoms with Crippen molar-refractivity contribution in [2.45, 2.75) is 26.2 Å². The summed E-state index contributed by atoms with van der Waals surface area (Å²) >= 11 is 0. The number of rotatable bonds is 3. The minimum absolute atomic E-state index is 0.0856. The van der Waals surface area contributed by atoms with Gasteiger partial charge in [-0.2, -0.15) is 0 Å². The standard InChI is InChI=1S/C22H24N2O/c1-22(2,3)19-9-5-17(6-10-19)21(25)23-20-11-7-16(8-12-20)18-13-14-24(4)15-18/h5-15H,1-4H3,(H,23,25). The number of carbonyl (C=O) groups is 1. The van der Waals surface area contributed by atoms with E-state index in [1.54, 1.807) is 0 Å². The Labute approximate surface area is 149 Å². The molecule has 3 aromatic rings. The molecule has 0 aliphatic heterocycles. The van der Waals surface area contributed by atoms with Crippen molar-refractivity contribution in [3.05, 3.63) is 78.1 Å². The number of benzene rings is 2. The van der Waals surface area contributed by atoms with Crippen LogP contribution in [0.4, 0.5) is 5.69 Å². The van der Waals surface area contributed by atoms with Crippen LogP contribution in [0.15, 0.2) is 67.0 Å². The molecule has 0 bridgehead atoms. The van der Waals surface area contributed by atoms with Crippen molar-refractivity contribution in [1.82, 2.24) is 4.57 Å². The Morgan fingerprint density at radius 3 is 2.04 bits per heavy atom. The van der Waals surface area contributed by atoms with E-state index in [2.05, 4.69) is 38.4 Å². The van der Waals surface area contributed by atoms with Crippen LogP contribution in [0.1, 0.15) is 36.7 Å². The van der Waals surface area contributed by atoms with Crippen LogP contribution in [0.3, 0.4) is 0 Å². The maximum absolute atomic E-state index is 12.4. The molecule has 0 saturated heterocycles. The lowest BCUT2D eigenvalue weighted by Gasteiger charge is -2.19. The SMILES string of the molecule is Cn1ccc(-c2ccc(NC(=O)c3ccc(C(C)(C)C)cc3)cc2)c1. The average Bonchev–Trinajstić information content (AvgIpc) is 3.01. The highest BCUT2D eigenvalue weighted by molar-refractivity contribution is 6.04. The third kappa shape index (κ3) is 4.00. The molecule has 1 amide bonds. The van der Waals surface area contributed by atoms with Crippen molar-refractivity contribution in [1.29, 1.82) is 0 Å². The molecule has 0 spiro atoms. The van der Waals surface area contributed by atoms with Gasteiger partial charge in [-0.05, 0) is 52.4 Å². The third-order valence-electron chi connectivity index (χ3n) is 4.32. The molecule has 25 heavy (non-hydrogen) atoms. The van der Waals surface area contributed by atoms with E-state index in [0.29, 0.717) is 5.56 Å². The Morgan fingerprint density at radius 2 is 1.52 bits per heavy atom. The van der Waals surface area contributed by atoms with Crippen molar-refractivity contribution in [3.8, 4) is 11.1 Å². The number of aromatic nitrogens is 1. The summed E-state index contributed by atoms with van der Waals surface area (Å²) in [5.41, 5.74) is 5.06. The summed E-state index contributed by atoms with van der Waals surface area (Å²) in [4.78, 5) is 12.4. The number of amides is 1. The van der Waals surface area contributed by atoms with Crippen LogP contribution in [0.5, 0.6) is 0 Å². The smallest absolute Gasteiger partial charge is 0.255 e. The molecule has 2 aromatic carbocycles. The van der Waals surface area contributed by atoms with E-state index in [4.69, 9.17) is 0 Å². The summed E-state index contributed by atoms with van der Waals surface area (Å²) in [6.07, 6.45) is 4.09. The number of anilines is 1. The Kier molecular flexibility index (Phi) is 4.49. The summed E-state index contributed by atoms with van der Waals surface area (Å²) in [6.45, 7) is 6.49. The molecule has 3 nitrogen and oxygen atoms in total. The summed E-state index contributed by atoms with van der Waals surface area (Å²) < 4.78 is 2.02. The zero-order chi connectivity index (χ0) is 18.0. The Bertz CT molecular complexity index is 866. The van der Waals surface area contributed by atoms with Crippen LogP contribution in [0.25, 0.3) is 11.1 Å². The number of aryl methyl sites for hydroxylation is 1. The van der Waals surface area contributed by atoms with E-state index >= 15 is 0 Å². The van der Waals surface area contributed by atoms with Crippen LogP contribution in [-0.2, 0) is 12.5 Å². The molecule has 0 unspecified atom stereocenters. The number of hydrogen-bond donors (Lipinski definition) is 1. The summed E-state index contributed by atoms with van der Waals surface area (Å²) in [7, 11) is 2.00. The van der Waals surface area contributed by atoms with Gasteiger partial charge in [-0.15, -0.1) is 0 Å². The second-order valence-electron chi connectivity index (χ2n) is 7.42. The van der Waals surface area contributed by atoms with Crippen molar-refractivity contribution < 1.29 is 4.79 Å². The molecule has 0 aliphatic rings. The third-order valence-corrected chi connectivity index (χ3v) is 4.32. The number of nitrogens with zero attached hydrogens (tertiary/aromatic N) is 1. The molecule has 0 saturated carbocycles. The topological polar surface area (TPSA) is 34.0 Å². The largest absolute Gasteiger partial charge is 0.357 e. The maximum atomic E-state index is 12.4. The molecular weight excluding hydrogens is 308 g/mol. The van der Waals surface area contributed by atoms with Gasteiger partial charge < -0.3 is 9.88 Å². The quantitative estimate of drug-likeness (QED) is 0.699. The zero-order valence-electron chi connectivity index (χ0n) is 15.2. The highest BCUT2D eigenvalue weighted by Gasteiger charge is 2.14. The van der Waals surface area contributed by atoms with Gasteiger partial charge in [0, 0.05) is 30.7 Å². The summed E-state index contributed by atoms with van der Waals surface area (Å²) in [5, 5.41) is 2.96. The molecule has 1 heterocycles. The molecule has 0 atom stereocenters. The van der Waals surface area contributed by atoms with Gasteiger partial charge in [0.25, 0.3) is 5.91 Å². The molecule has 3 rings (SSSR count). The van der Waals surface area contributed by atoms with Gasteiger partial charge >= 0.3 is 0 Å². The minimum Gasteiger partial charge on any atom is -0.357 e. The fraction of sp³-hybridized carbons (Fsp3) is 0.227. The maximum Gasteiger partial charge on any atom is 0.255 e. The van der Waals surface area contributed by atoms with Crippen molar-refractivity contribution in [2.75, 3.05) is 5.32 Å². The van der Waals surface area contributed by atoms with E-state index in [0.717, 1.165) is 16.8 Å². The lowest BCUT2D eigenvalue weighted by Crippen LogP contribution is -2.14. The molecule has 0 fully saturated rings. The monoisotopic (exact) mass is 332 g/mol. The first kappa shape index (κ1) is 17.0. The fourth-order valence-electron chi connectivity index (χ4n) is 2.74. The van der Waals surface area contributed by atoms with Gasteiger partial charge in [-0.3, -0.25) is 4.79 Å². The predicted molar refractivity (Wildman–Crippen MR) is 104 cm³/mol. The lowest BCUT2D eigenvalue weighted by atomic mass is 9.87. The highest BCUT2D eigenvalue weighted by Crippen LogP contribution is 2.24. The first-order valence-corrected chi connectivity index (χ1v) is 8.47. The molecule has 128 valence electrons. The van der Waals surface area contributed by atoms with Crippen molar-refractivity contribution in [3.63, 3.8) is 0 Å². The van der Waals surface area contributed by atoms with Gasteiger partial charge in [0.2, 0.25) is 0 Å². The molecule has 1 aromatic heterocycles. The normalized spacial score (nSPS) is 11.4. The van der Waals surface area contributed by atoms with Gasteiger partial charge in [-0.25, -0.2) is 0 Å². The van der Waals surface area contributed by atoms with Crippen LogP contribution in [0.2, 0.25) is 0 Å². The second-order valence-corrected chi connectivity index (χ2v) is 7.42. The van der Waals surface area contributed by atoms with E-state index in [-0.39, 0.29) is 11.3 Å². The first-order chi connectivity index (χ1) is 11.8. The van der Waals surface area contributed by atoms with Crippen LogP contribution in [-0.4, -0.2) is 10.5 Å². The van der Waals surface area contributed by atoms with E-state index in [9.17, 15) is 4.79 Å². The molecule has 3 heteroatoms. The summed E-state index contributed by atoms with van der Waals surface area (Å²) in [5.74, 6) is -0.0899. The minimum atomic E-state index is -0.0899. The van der Waals surface area contributed by atoms with E-state index in [1.165, 1.54) is 5.56 Å². The van der Waals surface area contributed by atoms with Crippen LogP contribution >= 0.6 is 0 Å². The number of nitrogens with one attached hydrogen (secondary N) is 1. The fourth-order valence-corrected chi connectivity index (χ4v) is 2.74. The first-order valence-electron chi connectivity index (χ1n) is 8.47. The summed E-state index contributed by atoms with van der Waals surface area (Å²) in [6, 6.07) is 17.8. The van der Waals surface area contributed by atoms with Crippen LogP contribution < -0.4 is 5.32 Å². The zero-order valence-corrected chi connectivity index (χ0v) is 15.2. The van der Waals surface area contributed by atoms with E-state index in [1.807, 2.05) is 66.3 Å². The molecule has 0 radical (unpaired) electrons. The average molecular weight is 332 g/mol. The van der Waals surface area contributed by atoms with Crippen molar-refractivity contribution >= 4 is 11.6 Å². The van der Waals surface area contributed by atoms with Gasteiger partial charge in [0.15, 0.2) is 0 Å². The van der Waals surface area contributed by atoms with Gasteiger partial charge in [0.05, 0.1) is 0 Å². The van der Waals surface area contributed by atoms with Gasteiger partial charge in [0.1, 0.15) is 0 Å². The lowest BCUT2D eigenvalue weighted by molar-refractivity contribution is 0.102. The molecule has 0 aliphatic carbocycles. The van der Waals surface area contributed by atoms with Crippen molar-refractivity contribution in [2.24, 2.45) is 7.05 Å². The predicted octanol–water partition coefficient (Wildman–Crippen LogP) is 5.24.